The minimum atomic E-state index is -1.14. The molecule has 5 N–H and O–H groups in total. The molecule has 0 fully saturated rings. The number of benzene rings is 2. The molecule has 1 aliphatic rings. The van der Waals surface area contributed by atoms with Gasteiger partial charge in [-0.05, 0) is 30.3 Å². The number of nitrogens with one attached hydrogen (secondary N) is 3. The topological polar surface area (TPSA) is 132 Å². The molecular formula is C22H24Cl2N4O5. The standard InChI is InChI=1S/C22H24Cl2N4O5/c1-32-22(31)17(28-21(30)20-14(23)3-2-4-15(20)24)10-27-19(29)11-26-16-7-8-33-18-6-5-12(25)9-13(16)18/h2-6,9,16-17,26H,7-8,10-11,25H2,1H3,(H,27,29)(H,28,30)/t16?,17-/m0/s1. The van der Waals surface area contributed by atoms with Gasteiger partial charge in [-0.15, -0.1) is 0 Å². The zero-order chi connectivity index (χ0) is 24.0. The van der Waals surface area contributed by atoms with Crippen molar-refractivity contribution in [3.63, 3.8) is 0 Å². The summed E-state index contributed by atoms with van der Waals surface area (Å²) in [6.45, 7) is 0.312. The molecule has 1 unspecified atom stereocenters. The van der Waals surface area contributed by atoms with Crippen LogP contribution in [-0.2, 0) is 14.3 Å². The number of nitrogens with two attached hydrogens (primary N) is 1. The van der Waals surface area contributed by atoms with Gasteiger partial charge in [0.25, 0.3) is 5.91 Å². The maximum atomic E-state index is 12.6. The van der Waals surface area contributed by atoms with Gasteiger partial charge in [0.2, 0.25) is 5.91 Å². The number of fused-ring (bicyclic) bond motifs is 1. The third kappa shape index (κ3) is 6.28. The second kappa shape index (κ2) is 11.2. The molecule has 2 atom stereocenters. The average Bonchev–Trinajstić information content (AvgIpc) is 2.79. The van der Waals surface area contributed by atoms with E-state index >= 15 is 0 Å². The molecule has 0 radical (unpaired) electrons. The summed E-state index contributed by atoms with van der Waals surface area (Å²) in [5.74, 6) is -1.04. The lowest BCUT2D eigenvalue weighted by molar-refractivity contribution is -0.142. The maximum Gasteiger partial charge on any atom is 0.330 e. The Balaban J connectivity index is 1.57. The lowest BCUT2D eigenvalue weighted by atomic mass is 10.00. The summed E-state index contributed by atoms with van der Waals surface area (Å²) < 4.78 is 10.4. The normalized spacial score (nSPS) is 15.5. The third-order valence-corrected chi connectivity index (χ3v) is 5.70. The van der Waals surface area contributed by atoms with Gasteiger partial charge in [0, 0.05) is 30.3 Å². The molecule has 1 heterocycles. The number of hydrogen-bond donors (Lipinski definition) is 4. The van der Waals surface area contributed by atoms with Crippen molar-refractivity contribution in [3.8, 4) is 5.75 Å². The number of amides is 2. The minimum absolute atomic E-state index is 0.0168. The van der Waals surface area contributed by atoms with Crippen molar-refractivity contribution < 1.29 is 23.9 Å². The Morgan fingerprint density at radius 3 is 2.64 bits per heavy atom. The zero-order valence-corrected chi connectivity index (χ0v) is 19.3. The van der Waals surface area contributed by atoms with Crippen LogP contribution in [-0.4, -0.2) is 50.6 Å². The summed E-state index contributed by atoms with van der Waals surface area (Å²) >= 11 is 12.1. The molecule has 11 heteroatoms. The molecule has 33 heavy (non-hydrogen) atoms. The summed E-state index contributed by atoms with van der Waals surface area (Å²) in [5.41, 5.74) is 7.38. The molecule has 9 nitrogen and oxygen atoms in total. The lowest BCUT2D eigenvalue weighted by Gasteiger charge is -2.27. The Kier molecular flexibility index (Phi) is 8.37. The Bertz CT molecular complexity index is 1030. The first-order chi connectivity index (χ1) is 15.8. The van der Waals surface area contributed by atoms with Gasteiger partial charge >= 0.3 is 5.97 Å². The smallest absolute Gasteiger partial charge is 0.330 e. The van der Waals surface area contributed by atoms with Crippen LogP contribution in [0.5, 0.6) is 5.75 Å². The van der Waals surface area contributed by atoms with Crippen LogP contribution in [0.15, 0.2) is 36.4 Å². The first-order valence-electron chi connectivity index (χ1n) is 10.1. The molecule has 2 aromatic carbocycles. The summed E-state index contributed by atoms with van der Waals surface area (Å²) in [7, 11) is 1.18. The van der Waals surface area contributed by atoms with Crippen molar-refractivity contribution in [1.29, 1.82) is 0 Å². The highest BCUT2D eigenvalue weighted by Gasteiger charge is 2.26. The number of nitrogen functional groups attached to an aromatic ring is 1. The molecule has 2 aromatic rings. The van der Waals surface area contributed by atoms with Gasteiger partial charge < -0.3 is 31.2 Å². The van der Waals surface area contributed by atoms with Crippen LogP contribution in [0.3, 0.4) is 0 Å². The number of halogens is 2. The molecule has 0 saturated carbocycles. The molecule has 3 rings (SSSR count). The SMILES string of the molecule is COC(=O)[C@H](CNC(=O)CNC1CCOc2ccc(N)cc21)NC(=O)c1c(Cl)cccc1Cl. The van der Waals surface area contributed by atoms with Crippen molar-refractivity contribution in [2.45, 2.75) is 18.5 Å². The number of carbonyl (C=O) groups is 3. The fraction of sp³-hybridized carbons (Fsp3) is 0.318. The molecule has 0 aliphatic carbocycles. The van der Waals surface area contributed by atoms with E-state index in [0.717, 1.165) is 11.3 Å². The Hall–Kier alpha value is -3.01. The number of ether oxygens (including phenoxy) is 2. The number of anilines is 1. The summed E-state index contributed by atoms with van der Waals surface area (Å²) in [5, 5.41) is 8.55. The van der Waals surface area contributed by atoms with Crippen LogP contribution < -0.4 is 26.4 Å². The van der Waals surface area contributed by atoms with E-state index in [1.54, 1.807) is 18.2 Å². The average molecular weight is 495 g/mol. The minimum Gasteiger partial charge on any atom is -0.493 e. The van der Waals surface area contributed by atoms with Gasteiger partial charge in [-0.2, -0.15) is 0 Å². The van der Waals surface area contributed by atoms with Crippen LogP contribution in [0, 0.1) is 0 Å². The Morgan fingerprint density at radius 1 is 1.21 bits per heavy atom. The van der Waals surface area contributed by atoms with E-state index < -0.39 is 17.9 Å². The summed E-state index contributed by atoms with van der Waals surface area (Å²) in [6, 6.07) is 8.72. The highest BCUT2D eigenvalue weighted by Crippen LogP contribution is 2.33. The molecule has 1 aliphatic heterocycles. The predicted molar refractivity (Wildman–Crippen MR) is 124 cm³/mol. The van der Waals surface area contributed by atoms with Crippen molar-refractivity contribution in [2.75, 3.05) is 32.5 Å². The highest BCUT2D eigenvalue weighted by atomic mass is 35.5. The molecule has 2 amide bonds. The second-order valence-corrected chi connectivity index (χ2v) is 8.13. The van der Waals surface area contributed by atoms with E-state index in [1.807, 2.05) is 6.07 Å². The molecule has 176 valence electrons. The van der Waals surface area contributed by atoms with Gasteiger partial charge in [-0.1, -0.05) is 29.3 Å². The van der Waals surface area contributed by atoms with Crippen molar-refractivity contribution in [2.24, 2.45) is 0 Å². The highest BCUT2D eigenvalue weighted by molar-refractivity contribution is 6.39. The Morgan fingerprint density at radius 2 is 1.94 bits per heavy atom. The molecule has 0 spiro atoms. The van der Waals surface area contributed by atoms with Gasteiger partial charge in [0.15, 0.2) is 0 Å². The number of rotatable bonds is 8. The fourth-order valence-corrected chi connectivity index (χ4v) is 3.97. The number of esters is 1. The fourth-order valence-electron chi connectivity index (χ4n) is 3.40. The molecular weight excluding hydrogens is 471 g/mol. The van der Waals surface area contributed by atoms with Gasteiger partial charge in [-0.25, -0.2) is 4.79 Å². The number of hydrogen-bond acceptors (Lipinski definition) is 7. The van der Waals surface area contributed by atoms with E-state index in [-0.39, 0.29) is 40.6 Å². The lowest BCUT2D eigenvalue weighted by Crippen LogP contribution is -2.50. The van der Waals surface area contributed by atoms with Crippen LogP contribution in [0.25, 0.3) is 0 Å². The van der Waals surface area contributed by atoms with Gasteiger partial charge in [0.05, 0.1) is 35.9 Å². The first kappa shape index (κ1) is 24.6. The van der Waals surface area contributed by atoms with Crippen LogP contribution >= 0.6 is 23.2 Å². The molecule has 0 bridgehead atoms. The van der Waals surface area contributed by atoms with Crippen LogP contribution in [0.4, 0.5) is 5.69 Å². The number of methoxy groups -OCH3 is 1. The second-order valence-electron chi connectivity index (χ2n) is 7.32. The quantitative estimate of drug-likeness (QED) is 0.326. The van der Waals surface area contributed by atoms with E-state index in [1.165, 1.54) is 19.2 Å². The zero-order valence-electron chi connectivity index (χ0n) is 17.8. The van der Waals surface area contributed by atoms with Gasteiger partial charge in [0.1, 0.15) is 11.8 Å². The van der Waals surface area contributed by atoms with E-state index in [9.17, 15) is 14.4 Å². The Labute approximate surface area is 200 Å². The van der Waals surface area contributed by atoms with Crippen LogP contribution in [0.1, 0.15) is 28.4 Å². The molecule has 0 saturated heterocycles. The monoisotopic (exact) mass is 494 g/mol. The third-order valence-electron chi connectivity index (χ3n) is 5.07. The van der Waals surface area contributed by atoms with E-state index in [2.05, 4.69) is 16.0 Å². The van der Waals surface area contributed by atoms with E-state index in [0.29, 0.717) is 18.7 Å². The first-order valence-corrected chi connectivity index (χ1v) is 10.9. The van der Waals surface area contributed by atoms with Crippen molar-refractivity contribution in [3.05, 3.63) is 57.6 Å². The van der Waals surface area contributed by atoms with Crippen LogP contribution in [0.2, 0.25) is 10.0 Å². The largest absolute Gasteiger partial charge is 0.493 e. The van der Waals surface area contributed by atoms with Crippen molar-refractivity contribution in [1.82, 2.24) is 16.0 Å². The summed E-state index contributed by atoms with van der Waals surface area (Å²) in [6.07, 6.45) is 0.670. The van der Waals surface area contributed by atoms with Crippen molar-refractivity contribution >= 4 is 46.7 Å². The maximum absolute atomic E-state index is 12.6. The summed E-state index contributed by atoms with van der Waals surface area (Å²) in [4.78, 5) is 37.2. The van der Waals surface area contributed by atoms with Gasteiger partial charge in [-0.3, -0.25) is 9.59 Å². The predicted octanol–water partition coefficient (Wildman–Crippen LogP) is 2.08. The molecule has 0 aromatic heterocycles. The number of carbonyl (C=O) groups excluding carboxylic acids is 3. The van der Waals surface area contributed by atoms with E-state index in [4.69, 9.17) is 38.4 Å².